The number of nitrogens with two attached hydrogens (primary N) is 1. The summed E-state index contributed by atoms with van der Waals surface area (Å²) in [7, 11) is 0. The number of anilines is 1. The fraction of sp³-hybridized carbons (Fsp3) is 0.444. The molecule has 0 aliphatic carbocycles. The summed E-state index contributed by atoms with van der Waals surface area (Å²) in [6, 6.07) is 1.82. The molecule has 0 aromatic carbocycles. The van der Waals surface area contributed by atoms with Crippen LogP contribution in [0.2, 0.25) is 0 Å². The molecule has 6 heteroatoms. The number of hydrogen-bond acceptors (Lipinski definition) is 5. The second-order valence-corrected chi connectivity index (χ2v) is 3.36. The van der Waals surface area contributed by atoms with Crippen LogP contribution in [0.1, 0.15) is 25.7 Å². The summed E-state index contributed by atoms with van der Waals surface area (Å²) in [6.45, 7) is 4.94. The van der Waals surface area contributed by atoms with Gasteiger partial charge in [-0.3, -0.25) is 0 Å². The van der Waals surface area contributed by atoms with E-state index in [9.17, 15) is 0 Å². The molecule has 0 bridgehead atoms. The van der Waals surface area contributed by atoms with Crippen molar-refractivity contribution in [3.8, 4) is 0 Å². The number of nitrogens with one attached hydrogen (secondary N) is 1. The molecule has 3 N–H and O–H groups in total. The number of hydrogen-bond donors (Lipinski definition) is 2. The van der Waals surface area contributed by atoms with Crippen molar-refractivity contribution in [2.24, 2.45) is 0 Å². The smallest absolute Gasteiger partial charge is 0.200 e. The molecule has 2 aromatic rings. The molecule has 2 rings (SSSR count). The molecule has 1 atom stereocenters. The zero-order valence-electron chi connectivity index (χ0n) is 8.81. The van der Waals surface area contributed by atoms with Crippen LogP contribution < -0.4 is 11.1 Å². The molecule has 0 amide bonds. The lowest BCUT2D eigenvalue weighted by Gasteiger charge is -2.08. The molecular weight excluding hydrogens is 192 g/mol. The minimum absolute atomic E-state index is 0.110. The molecule has 15 heavy (non-hydrogen) atoms. The van der Waals surface area contributed by atoms with Gasteiger partial charge in [0.1, 0.15) is 0 Å². The van der Waals surface area contributed by atoms with Crippen LogP contribution in [-0.4, -0.2) is 26.4 Å². The lowest BCUT2D eigenvalue weighted by molar-refractivity contribution is 0.551. The molecule has 6 nitrogen and oxygen atoms in total. The van der Waals surface area contributed by atoms with Crippen LogP contribution in [0.25, 0.3) is 5.65 Å². The van der Waals surface area contributed by atoms with Crippen LogP contribution in [0.4, 0.5) is 5.69 Å². The second kappa shape index (κ2) is 3.82. The fourth-order valence-corrected chi connectivity index (χ4v) is 1.51. The predicted octanol–water partition coefficient (Wildman–Crippen LogP) is 0.377. The maximum atomic E-state index is 5.76. The average molecular weight is 206 g/mol. The summed E-state index contributed by atoms with van der Waals surface area (Å²) in [4.78, 5) is 0. The Hall–Kier alpha value is -1.69. The topological polar surface area (TPSA) is 81.1 Å². The van der Waals surface area contributed by atoms with Gasteiger partial charge in [-0.1, -0.05) is 6.92 Å². The van der Waals surface area contributed by atoms with Gasteiger partial charge >= 0.3 is 0 Å². The van der Waals surface area contributed by atoms with E-state index in [0.29, 0.717) is 11.3 Å². The first-order valence-electron chi connectivity index (χ1n) is 4.93. The Morgan fingerprint density at radius 3 is 3.07 bits per heavy atom. The van der Waals surface area contributed by atoms with Crippen LogP contribution in [0.5, 0.6) is 0 Å². The van der Waals surface area contributed by atoms with Crippen molar-refractivity contribution in [3.63, 3.8) is 0 Å². The van der Waals surface area contributed by atoms with E-state index in [1.807, 2.05) is 13.8 Å². The monoisotopic (exact) mass is 206 g/mol. The van der Waals surface area contributed by atoms with Crippen LogP contribution >= 0.6 is 0 Å². The number of rotatable bonds is 3. The van der Waals surface area contributed by atoms with Gasteiger partial charge < -0.3 is 11.1 Å². The normalized spacial score (nSPS) is 13.2. The van der Waals surface area contributed by atoms with E-state index < -0.39 is 0 Å². The lowest BCUT2D eigenvalue weighted by atomic mass is 10.3. The van der Waals surface area contributed by atoms with Gasteiger partial charge in [0, 0.05) is 0 Å². The van der Waals surface area contributed by atoms with Gasteiger partial charge in [-0.2, -0.15) is 9.61 Å². The first kappa shape index (κ1) is 9.85. The summed E-state index contributed by atoms with van der Waals surface area (Å²) in [5.74, 6) is 0.777. The molecule has 0 saturated carbocycles. The Kier molecular flexibility index (Phi) is 2.51. The molecule has 1 unspecified atom stereocenters. The van der Waals surface area contributed by atoms with E-state index in [1.165, 1.54) is 0 Å². The van der Waals surface area contributed by atoms with Crippen LogP contribution in [0.3, 0.4) is 0 Å². The summed E-state index contributed by atoms with van der Waals surface area (Å²) >= 11 is 0. The van der Waals surface area contributed by atoms with Gasteiger partial charge in [0.15, 0.2) is 5.82 Å². The minimum Gasteiger partial charge on any atom is -0.396 e. The molecule has 0 fully saturated rings. The summed E-state index contributed by atoms with van der Waals surface area (Å²) in [5, 5.41) is 15.5. The first-order valence-corrected chi connectivity index (χ1v) is 4.93. The third-order valence-electron chi connectivity index (χ3n) is 2.26. The fourth-order valence-electron chi connectivity index (χ4n) is 1.51. The van der Waals surface area contributed by atoms with Gasteiger partial charge in [0.2, 0.25) is 5.65 Å². The quantitative estimate of drug-likeness (QED) is 0.758. The first-order chi connectivity index (χ1) is 7.24. The van der Waals surface area contributed by atoms with E-state index in [0.717, 1.165) is 12.4 Å². The molecule has 80 valence electrons. The third-order valence-corrected chi connectivity index (χ3v) is 2.26. The predicted molar refractivity (Wildman–Crippen MR) is 57.3 cm³/mol. The zero-order chi connectivity index (χ0) is 10.8. The summed E-state index contributed by atoms with van der Waals surface area (Å²) in [6.07, 6.45) is 1.65. The van der Waals surface area contributed by atoms with Gasteiger partial charge in [0.05, 0.1) is 17.9 Å². The van der Waals surface area contributed by atoms with Crippen LogP contribution in [0, 0.1) is 0 Å². The molecule has 0 aliphatic heterocycles. The van der Waals surface area contributed by atoms with E-state index in [4.69, 9.17) is 5.73 Å². The van der Waals surface area contributed by atoms with E-state index in [-0.39, 0.29) is 6.04 Å². The van der Waals surface area contributed by atoms with Crippen molar-refractivity contribution in [2.45, 2.75) is 19.9 Å². The Bertz CT molecular complexity index is 463. The highest BCUT2D eigenvalue weighted by atomic mass is 15.4. The molecule has 0 radical (unpaired) electrons. The Labute approximate surface area is 87.5 Å². The highest BCUT2D eigenvalue weighted by Gasteiger charge is 2.14. The van der Waals surface area contributed by atoms with Gasteiger partial charge in [-0.15, -0.1) is 10.2 Å². The molecule has 2 heterocycles. The third kappa shape index (κ3) is 1.63. The SMILES string of the molecule is CCNC(C)c1nnc2c(N)ccnn12. The van der Waals surface area contributed by atoms with Crippen molar-refractivity contribution in [1.29, 1.82) is 0 Å². The van der Waals surface area contributed by atoms with Crippen molar-refractivity contribution >= 4 is 11.3 Å². The minimum atomic E-state index is 0.110. The number of aromatic nitrogens is 4. The van der Waals surface area contributed by atoms with Crippen LogP contribution in [-0.2, 0) is 0 Å². The molecule has 0 aliphatic rings. The van der Waals surface area contributed by atoms with Gasteiger partial charge in [0.25, 0.3) is 0 Å². The highest BCUT2D eigenvalue weighted by molar-refractivity contribution is 5.62. The zero-order valence-corrected chi connectivity index (χ0v) is 8.81. The molecular formula is C9H14N6. The molecule has 0 saturated heterocycles. The van der Waals surface area contributed by atoms with E-state index in [2.05, 4.69) is 20.6 Å². The van der Waals surface area contributed by atoms with Crippen molar-refractivity contribution < 1.29 is 0 Å². The van der Waals surface area contributed by atoms with Crippen molar-refractivity contribution in [3.05, 3.63) is 18.1 Å². The number of fused-ring (bicyclic) bond motifs is 1. The van der Waals surface area contributed by atoms with E-state index in [1.54, 1.807) is 16.8 Å². The summed E-state index contributed by atoms with van der Waals surface area (Å²) in [5.41, 5.74) is 6.96. The van der Waals surface area contributed by atoms with Crippen molar-refractivity contribution in [2.75, 3.05) is 12.3 Å². The maximum Gasteiger partial charge on any atom is 0.200 e. The molecule has 0 spiro atoms. The van der Waals surface area contributed by atoms with Gasteiger partial charge in [-0.25, -0.2) is 0 Å². The van der Waals surface area contributed by atoms with E-state index >= 15 is 0 Å². The van der Waals surface area contributed by atoms with Crippen LogP contribution in [0.15, 0.2) is 12.3 Å². The lowest BCUT2D eigenvalue weighted by Crippen LogP contribution is -2.20. The second-order valence-electron chi connectivity index (χ2n) is 3.36. The maximum absolute atomic E-state index is 5.76. The number of nitrogen functional groups attached to an aromatic ring is 1. The van der Waals surface area contributed by atoms with Gasteiger partial charge in [-0.05, 0) is 19.5 Å². The standard InChI is InChI=1S/C9H14N6/c1-3-11-6(2)8-13-14-9-7(10)4-5-12-15(8)9/h4-6,11H,3,10H2,1-2H3. The largest absolute Gasteiger partial charge is 0.396 e. The summed E-state index contributed by atoms with van der Waals surface area (Å²) < 4.78 is 1.67. The number of nitrogens with zero attached hydrogens (tertiary/aromatic N) is 4. The Morgan fingerprint density at radius 1 is 1.53 bits per heavy atom. The Balaban J connectivity index is 2.49. The Morgan fingerprint density at radius 2 is 2.33 bits per heavy atom. The highest BCUT2D eigenvalue weighted by Crippen LogP contribution is 2.14. The van der Waals surface area contributed by atoms with Crippen molar-refractivity contribution in [1.82, 2.24) is 25.1 Å². The average Bonchev–Trinajstić information content (AvgIpc) is 2.63. The molecule has 2 aromatic heterocycles.